The van der Waals surface area contributed by atoms with E-state index in [1.165, 1.54) is 6.07 Å². The second-order valence-corrected chi connectivity index (χ2v) is 3.99. The SMILES string of the molecule is O=C(O)c1cc(-c2ccc(C3=NCCO3)cc2)no1. The molecule has 2 aromatic rings. The van der Waals surface area contributed by atoms with Crippen molar-refractivity contribution in [3.05, 3.63) is 41.7 Å². The zero-order valence-corrected chi connectivity index (χ0v) is 9.87. The maximum absolute atomic E-state index is 10.7. The minimum atomic E-state index is -1.14. The second-order valence-electron chi connectivity index (χ2n) is 3.99. The Balaban J connectivity index is 1.87. The Morgan fingerprint density at radius 3 is 2.53 bits per heavy atom. The highest BCUT2D eigenvalue weighted by Crippen LogP contribution is 2.20. The van der Waals surface area contributed by atoms with Gasteiger partial charge < -0.3 is 14.4 Å². The fraction of sp³-hybridized carbons (Fsp3) is 0.154. The van der Waals surface area contributed by atoms with E-state index in [0.29, 0.717) is 24.7 Å². The van der Waals surface area contributed by atoms with Gasteiger partial charge in [-0.1, -0.05) is 17.3 Å². The third-order valence-electron chi connectivity index (χ3n) is 2.73. The number of carboxylic acid groups (broad SMARTS) is 1. The number of hydrogen-bond acceptors (Lipinski definition) is 5. The number of rotatable bonds is 3. The summed E-state index contributed by atoms with van der Waals surface area (Å²) < 4.78 is 10.1. The van der Waals surface area contributed by atoms with Crippen molar-refractivity contribution in [2.75, 3.05) is 13.2 Å². The van der Waals surface area contributed by atoms with E-state index >= 15 is 0 Å². The molecule has 2 heterocycles. The van der Waals surface area contributed by atoms with Gasteiger partial charge >= 0.3 is 5.97 Å². The van der Waals surface area contributed by atoms with E-state index in [2.05, 4.69) is 10.1 Å². The van der Waals surface area contributed by atoms with E-state index in [1.807, 2.05) is 24.3 Å². The van der Waals surface area contributed by atoms with Gasteiger partial charge in [0.1, 0.15) is 12.3 Å². The van der Waals surface area contributed by atoms with Gasteiger partial charge in [0.15, 0.2) is 0 Å². The number of nitrogens with zero attached hydrogens (tertiary/aromatic N) is 2. The zero-order valence-electron chi connectivity index (χ0n) is 9.87. The van der Waals surface area contributed by atoms with Crippen LogP contribution in [0.25, 0.3) is 11.3 Å². The molecule has 0 fully saturated rings. The molecule has 0 aliphatic carbocycles. The molecule has 1 N–H and O–H groups in total. The molecular weight excluding hydrogens is 248 g/mol. The summed E-state index contributed by atoms with van der Waals surface area (Å²) in [6, 6.07) is 8.75. The Morgan fingerprint density at radius 2 is 1.95 bits per heavy atom. The predicted octanol–water partition coefficient (Wildman–Crippen LogP) is 1.82. The number of aromatic nitrogens is 1. The molecule has 6 heteroatoms. The number of ether oxygens (including phenoxy) is 1. The normalized spacial score (nSPS) is 14.0. The van der Waals surface area contributed by atoms with Gasteiger partial charge in [0.05, 0.1) is 6.54 Å². The van der Waals surface area contributed by atoms with Crippen LogP contribution in [0.3, 0.4) is 0 Å². The van der Waals surface area contributed by atoms with Gasteiger partial charge in [0.2, 0.25) is 11.7 Å². The van der Waals surface area contributed by atoms with Crippen molar-refractivity contribution >= 4 is 11.9 Å². The zero-order chi connectivity index (χ0) is 13.2. The fourth-order valence-corrected chi connectivity index (χ4v) is 1.81. The van der Waals surface area contributed by atoms with Gasteiger partial charge in [0, 0.05) is 17.2 Å². The molecule has 0 unspecified atom stereocenters. The standard InChI is InChI=1S/C13H10N2O4/c16-13(17)11-7-10(15-19-11)8-1-3-9(4-2-8)12-14-5-6-18-12/h1-4,7H,5-6H2,(H,16,17). The molecule has 3 rings (SSSR count). The van der Waals surface area contributed by atoms with Crippen LogP contribution in [0.2, 0.25) is 0 Å². The van der Waals surface area contributed by atoms with Crippen LogP contribution in [-0.2, 0) is 4.74 Å². The van der Waals surface area contributed by atoms with Crippen molar-refractivity contribution in [3.8, 4) is 11.3 Å². The minimum absolute atomic E-state index is 0.178. The molecule has 19 heavy (non-hydrogen) atoms. The molecule has 0 spiro atoms. The number of carbonyl (C=O) groups is 1. The molecule has 0 atom stereocenters. The number of benzene rings is 1. The molecule has 0 amide bonds. The summed E-state index contributed by atoms with van der Waals surface area (Å²) in [5.41, 5.74) is 2.15. The summed E-state index contributed by atoms with van der Waals surface area (Å²) in [4.78, 5) is 14.9. The van der Waals surface area contributed by atoms with Gasteiger partial charge in [-0.15, -0.1) is 0 Å². The van der Waals surface area contributed by atoms with Crippen LogP contribution < -0.4 is 0 Å². The fourth-order valence-electron chi connectivity index (χ4n) is 1.81. The van der Waals surface area contributed by atoms with Crippen LogP contribution >= 0.6 is 0 Å². The van der Waals surface area contributed by atoms with Crippen molar-refractivity contribution in [2.45, 2.75) is 0 Å². The molecule has 0 saturated carbocycles. The maximum atomic E-state index is 10.7. The van der Waals surface area contributed by atoms with Crippen molar-refractivity contribution in [3.63, 3.8) is 0 Å². The van der Waals surface area contributed by atoms with Gasteiger partial charge in [-0.05, 0) is 12.1 Å². The monoisotopic (exact) mass is 258 g/mol. The first-order valence-electron chi connectivity index (χ1n) is 5.72. The Hall–Kier alpha value is -2.63. The topological polar surface area (TPSA) is 84.9 Å². The largest absolute Gasteiger partial charge is 0.476 e. The summed E-state index contributed by atoms with van der Waals surface area (Å²) in [5.74, 6) is -0.676. The lowest BCUT2D eigenvalue weighted by Crippen LogP contribution is -2.00. The Labute approximate surface area is 108 Å². The lowest BCUT2D eigenvalue weighted by molar-refractivity contribution is 0.0652. The van der Waals surface area contributed by atoms with E-state index in [0.717, 1.165) is 11.1 Å². The average molecular weight is 258 g/mol. The summed E-state index contributed by atoms with van der Waals surface area (Å²) in [6.45, 7) is 1.30. The Bertz CT molecular complexity index is 643. The number of carboxylic acids is 1. The average Bonchev–Trinajstić information content (AvgIpc) is 3.11. The molecule has 0 bridgehead atoms. The van der Waals surface area contributed by atoms with Crippen molar-refractivity contribution in [1.82, 2.24) is 5.16 Å². The van der Waals surface area contributed by atoms with Gasteiger partial charge in [-0.3, -0.25) is 0 Å². The summed E-state index contributed by atoms with van der Waals surface area (Å²) in [5, 5.41) is 12.5. The highest BCUT2D eigenvalue weighted by atomic mass is 16.5. The van der Waals surface area contributed by atoms with E-state index < -0.39 is 5.97 Å². The number of aliphatic imine (C=N–C) groups is 1. The van der Waals surface area contributed by atoms with Gasteiger partial charge in [-0.25, -0.2) is 9.79 Å². The van der Waals surface area contributed by atoms with Gasteiger partial charge in [0.25, 0.3) is 0 Å². The minimum Gasteiger partial charge on any atom is -0.476 e. The van der Waals surface area contributed by atoms with Crippen molar-refractivity contribution < 1.29 is 19.2 Å². The van der Waals surface area contributed by atoms with E-state index in [-0.39, 0.29) is 5.76 Å². The Kier molecular flexibility index (Phi) is 2.75. The van der Waals surface area contributed by atoms with Crippen molar-refractivity contribution in [2.24, 2.45) is 4.99 Å². The predicted molar refractivity (Wildman–Crippen MR) is 66.3 cm³/mol. The highest BCUT2D eigenvalue weighted by molar-refractivity contribution is 5.95. The highest BCUT2D eigenvalue weighted by Gasteiger charge is 2.14. The number of hydrogen-bond donors (Lipinski definition) is 1. The third kappa shape index (κ3) is 2.20. The molecule has 0 radical (unpaired) electrons. The molecule has 1 aromatic heterocycles. The third-order valence-corrected chi connectivity index (χ3v) is 2.73. The van der Waals surface area contributed by atoms with Crippen LogP contribution in [0, 0.1) is 0 Å². The first-order valence-corrected chi connectivity index (χ1v) is 5.72. The molecular formula is C13H10N2O4. The molecule has 1 aliphatic heterocycles. The lowest BCUT2D eigenvalue weighted by atomic mass is 10.1. The van der Waals surface area contributed by atoms with Crippen LogP contribution in [0.1, 0.15) is 16.1 Å². The van der Waals surface area contributed by atoms with E-state index in [4.69, 9.17) is 14.4 Å². The lowest BCUT2D eigenvalue weighted by Gasteiger charge is -2.02. The van der Waals surface area contributed by atoms with Crippen LogP contribution in [0.4, 0.5) is 0 Å². The molecule has 1 aliphatic rings. The second kappa shape index (κ2) is 4.56. The first kappa shape index (κ1) is 11.5. The van der Waals surface area contributed by atoms with Crippen LogP contribution in [0.5, 0.6) is 0 Å². The molecule has 1 aromatic carbocycles. The van der Waals surface area contributed by atoms with Crippen molar-refractivity contribution in [1.29, 1.82) is 0 Å². The Morgan fingerprint density at radius 1 is 1.21 bits per heavy atom. The first-order chi connectivity index (χ1) is 9.24. The smallest absolute Gasteiger partial charge is 0.374 e. The van der Waals surface area contributed by atoms with E-state index in [1.54, 1.807) is 0 Å². The molecule has 6 nitrogen and oxygen atoms in total. The maximum Gasteiger partial charge on any atom is 0.374 e. The van der Waals surface area contributed by atoms with Gasteiger partial charge in [-0.2, -0.15) is 0 Å². The van der Waals surface area contributed by atoms with Crippen LogP contribution in [-0.4, -0.2) is 35.3 Å². The summed E-state index contributed by atoms with van der Waals surface area (Å²) >= 11 is 0. The quantitative estimate of drug-likeness (QED) is 0.907. The summed E-state index contributed by atoms with van der Waals surface area (Å²) in [6.07, 6.45) is 0. The molecule has 96 valence electrons. The number of aromatic carboxylic acids is 1. The van der Waals surface area contributed by atoms with Crippen LogP contribution in [0.15, 0.2) is 39.8 Å². The summed E-state index contributed by atoms with van der Waals surface area (Å²) in [7, 11) is 0. The molecule has 0 saturated heterocycles. The van der Waals surface area contributed by atoms with E-state index in [9.17, 15) is 4.79 Å².